The predicted molar refractivity (Wildman–Crippen MR) is 364 cm³/mol. The second-order valence-corrected chi connectivity index (χ2v) is 25.3. The van der Waals surface area contributed by atoms with E-state index < -0.39 is 124 Å². The number of rotatable bonds is 54. The van der Waals surface area contributed by atoms with Gasteiger partial charge in [0.15, 0.2) is 18.9 Å². The summed E-state index contributed by atoms with van der Waals surface area (Å²) in [5.41, 5.74) is 0. The number of unbranched alkanes of at least 4 members (excludes halogenated alkanes) is 24. The molecule has 3 aliphatic heterocycles. The highest BCUT2D eigenvalue weighted by atomic mass is 16.8. The first-order valence-electron chi connectivity index (χ1n) is 36.0. The Morgan fingerprint density at radius 2 is 0.753 bits per heavy atom. The normalized spacial score (nSPS) is 28.1. The molecule has 3 fully saturated rings. The molecule has 0 saturated carbocycles. The quantitative estimate of drug-likeness (QED) is 0.0199. The molecule has 1 amide bonds. The van der Waals surface area contributed by atoms with Crippen LogP contribution in [-0.4, -0.2) is 193 Å². The van der Waals surface area contributed by atoms with E-state index >= 15 is 0 Å². The molecule has 3 aliphatic rings. The zero-order valence-electron chi connectivity index (χ0n) is 56.7. The second kappa shape index (κ2) is 54.7. The lowest BCUT2D eigenvalue weighted by Crippen LogP contribution is -2.66. The van der Waals surface area contributed by atoms with Gasteiger partial charge in [0.05, 0.1) is 38.6 Å². The van der Waals surface area contributed by atoms with Gasteiger partial charge in [-0.1, -0.05) is 233 Å². The lowest BCUT2D eigenvalue weighted by atomic mass is 9.96. The zero-order chi connectivity index (χ0) is 67.5. The van der Waals surface area contributed by atoms with Crippen LogP contribution in [0.3, 0.4) is 0 Å². The number of hydrogen-bond acceptors (Lipinski definition) is 18. The number of carbonyl (C=O) groups excluding carboxylic acids is 1. The molecule has 3 heterocycles. The molecule has 536 valence electrons. The molecule has 19 nitrogen and oxygen atoms in total. The van der Waals surface area contributed by atoms with Crippen molar-refractivity contribution in [2.45, 2.75) is 336 Å². The minimum atomic E-state index is -1.99. The van der Waals surface area contributed by atoms with Gasteiger partial charge in [-0.2, -0.15) is 0 Å². The summed E-state index contributed by atoms with van der Waals surface area (Å²) in [4.78, 5) is 13.4. The first-order valence-corrected chi connectivity index (χ1v) is 36.0. The minimum absolute atomic E-state index is 0.204. The van der Waals surface area contributed by atoms with Gasteiger partial charge in [-0.05, 0) is 89.9 Å². The van der Waals surface area contributed by atoms with Crippen LogP contribution in [0, 0.1) is 0 Å². The van der Waals surface area contributed by atoms with Crippen LogP contribution in [0.5, 0.6) is 0 Å². The fraction of sp³-hybridized carbons (Fsp3) is 0.770. The molecule has 0 aliphatic carbocycles. The molecule has 3 saturated heterocycles. The molecule has 19 heteroatoms. The van der Waals surface area contributed by atoms with E-state index in [9.17, 15) is 61.0 Å². The van der Waals surface area contributed by atoms with Gasteiger partial charge in [0, 0.05) is 6.42 Å². The maximum atomic E-state index is 13.4. The zero-order valence-corrected chi connectivity index (χ0v) is 56.7. The van der Waals surface area contributed by atoms with Crippen molar-refractivity contribution in [3.63, 3.8) is 0 Å². The van der Waals surface area contributed by atoms with Gasteiger partial charge in [-0.15, -0.1) is 0 Å². The van der Waals surface area contributed by atoms with Crippen LogP contribution in [0.15, 0.2) is 97.2 Å². The molecule has 0 bridgehead atoms. The molecule has 0 aromatic rings. The molecule has 0 radical (unpaired) electrons. The van der Waals surface area contributed by atoms with Gasteiger partial charge in [0.2, 0.25) is 5.91 Å². The first-order chi connectivity index (χ1) is 45.3. The Labute approximate surface area is 558 Å². The van der Waals surface area contributed by atoms with E-state index in [1.165, 1.54) is 109 Å². The SMILES string of the molecule is CC/C=C\C/C=C\C/C=C\C/C=C\C/C=C\CCCCCCCC(=O)NC(COC1OC(CO)C(OC2OC(CO)C(OC3OC(CO)C(O)C(O)C3O)C(O)C2O)C(O)C1O)C(O)/C=C/CC/C=C/CC/C=C/CCCCCCCCCCCCCCCCCCC. The summed E-state index contributed by atoms with van der Waals surface area (Å²) in [5, 5.41) is 121. The van der Waals surface area contributed by atoms with Gasteiger partial charge in [-0.3, -0.25) is 4.79 Å². The van der Waals surface area contributed by atoms with Crippen molar-refractivity contribution in [3.05, 3.63) is 97.2 Å². The summed E-state index contributed by atoms with van der Waals surface area (Å²) >= 11 is 0. The van der Waals surface area contributed by atoms with E-state index in [2.05, 4.69) is 104 Å². The van der Waals surface area contributed by atoms with Crippen molar-refractivity contribution in [2.24, 2.45) is 0 Å². The number of hydrogen-bond donors (Lipinski definition) is 12. The highest BCUT2D eigenvalue weighted by Crippen LogP contribution is 2.33. The third kappa shape index (κ3) is 36.2. The maximum Gasteiger partial charge on any atom is 0.220 e. The largest absolute Gasteiger partial charge is 0.394 e. The Hall–Kier alpha value is -3.29. The van der Waals surface area contributed by atoms with E-state index in [0.717, 1.165) is 89.9 Å². The molecule has 17 atom stereocenters. The standard InChI is InChI=1S/C74H127NO18/c1-3-5-7-9-11-13-15-17-19-21-23-25-26-27-28-29-30-32-33-35-37-39-41-43-45-47-49-51-58(79)57(75-62(80)52-50-48-46-44-42-40-38-36-34-31-24-22-20-18-16-14-12-10-8-6-4-2)56-88-72-68(86)65(83)70(60(54-77)90-72)93-74-69(87)66(84)71(61(55-78)91-74)92-73-67(85)64(82)63(81)59(53-76)89-73/h6,8,12,14,18,20,24,31,33,35-36,38,41,43,49,51,57-61,63-74,76-79,81-87H,3-5,7,9-11,13,15-17,19,21-23,25-30,32,34,37,39-40,42,44-48,50,52-56H2,1-2H3,(H,75,80)/b8-6-,14-12-,20-18-,31-24-,35-33+,38-36-,43-41+,51-49+. The van der Waals surface area contributed by atoms with Crippen molar-refractivity contribution in [1.29, 1.82) is 0 Å². The van der Waals surface area contributed by atoms with Crippen LogP contribution in [0.25, 0.3) is 0 Å². The molecule has 0 aromatic carbocycles. The molecule has 0 aromatic heterocycles. The van der Waals surface area contributed by atoms with Crippen molar-refractivity contribution in [2.75, 3.05) is 26.4 Å². The van der Waals surface area contributed by atoms with Crippen molar-refractivity contribution >= 4 is 5.91 Å². The van der Waals surface area contributed by atoms with E-state index in [-0.39, 0.29) is 18.9 Å². The molecule has 12 N–H and O–H groups in total. The lowest BCUT2D eigenvalue weighted by Gasteiger charge is -2.48. The summed E-state index contributed by atoms with van der Waals surface area (Å²) in [6.07, 6.45) is 45.3. The van der Waals surface area contributed by atoms with E-state index in [1.807, 2.05) is 6.08 Å². The smallest absolute Gasteiger partial charge is 0.220 e. The summed E-state index contributed by atoms with van der Waals surface area (Å²) < 4.78 is 34.3. The van der Waals surface area contributed by atoms with Crippen LogP contribution in [0.1, 0.15) is 232 Å². The third-order valence-electron chi connectivity index (χ3n) is 17.3. The van der Waals surface area contributed by atoms with Gasteiger partial charge in [0.25, 0.3) is 0 Å². The van der Waals surface area contributed by atoms with Crippen molar-refractivity contribution in [1.82, 2.24) is 5.32 Å². The minimum Gasteiger partial charge on any atom is -0.394 e. The monoisotopic (exact) mass is 1320 g/mol. The lowest BCUT2D eigenvalue weighted by molar-refractivity contribution is -0.379. The molecular weight excluding hydrogens is 1190 g/mol. The Bertz CT molecular complexity index is 2060. The average molecular weight is 1320 g/mol. The first kappa shape index (κ1) is 83.9. The fourth-order valence-corrected chi connectivity index (χ4v) is 11.5. The Kier molecular flexibility index (Phi) is 49.4. The molecule has 17 unspecified atom stereocenters. The molecule has 0 spiro atoms. The average Bonchev–Trinajstić information content (AvgIpc) is 1.48. The number of amides is 1. The van der Waals surface area contributed by atoms with Crippen LogP contribution in [0.2, 0.25) is 0 Å². The second-order valence-electron chi connectivity index (χ2n) is 25.3. The summed E-state index contributed by atoms with van der Waals surface area (Å²) in [6, 6.07) is -1.01. The summed E-state index contributed by atoms with van der Waals surface area (Å²) in [7, 11) is 0. The van der Waals surface area contributed by atoms with Gasteiger partial charge in [-0.25, -0.2) is 0 Å². The van der Waals surface area contributed by atoms with Crippen LogP contribution in [0.4, 0.5) is 0 Å². The third-order valence-corrected chi connectivity index (χ3v) is 17.3. The Morgan fingerprint density at radius 1 is 0.398 bits per heavy atom. The fourth-order valence-electron chi connectivity index (χ4n) is 11.5. The molecule has 93 heavy (non-hydrogen) atoms. The van der Waals surface area contributed by atoms with Gasteiger partial charge < -0.3 is 89.9 Å². The molecular formula is C74H127NO18. The number of carbonyl (C=O) groups is 1. The van der Waals surface area contributed by atoms with E-state index in [1.54, 1.807) is 6.08 Å². The topological polar surface area (TPSA) is 307 Å². The van der Waals surface area contributed by atoms with Crippen LogP contribution < -0.4 is 5.32 Å². The number of nitrogens with one attached hydrogen (secondary N) is 1. The number of aliphatic hydroxyl groups excluding tert-OH is 11. The number of allylic oxidation sites excluding steroid dienone is 15. The summed E-state index contributed by atoms with van der Waals surface area (Å²) in [5.74, 6) is -0.311. The van der Waals surface area contributed by atoms with Crippen LogP contribution in [-0.2, 0) is 33.2 Å². The van der Waals surface area contributed by atoms with E-state index in [4.69, 9.17) is 28.4 Å². The highest BCUT2D eigenvalue weighted by molar-refractivity contribution is 5.76. The predicted octanol–water partition coefficient (Wildman–Crippen LogP) is 10.0. The summed E-state index contributed by atoms with van der Waals surface area (Å²) in [6.45, 7) is 1.58. The highest BCUT2D eigenvalue weighted by Gasteiger charge is 2.53. The van der Waals surface area contributed by atoms with E-state index in [0.29, 0.717) is 12.8 Å². The molecule has 3 rings (SSSR count). The number of aliphatic hydroxyl groups is 11. The number of ether oxygens (including phenoxy) is 6. The van der Waals surface area contributed by atoms with Crippen LogP contribution >= 0.6 is 0 Å². The van der Waals surface area contributed by atoms with Crippen molar-refractivity contribution < 1.29 is 89.4 Å². The maximum absolute atomic E-state index is 13.4. The van der Waals surface area contributed by atoms with Gasteiger partial charge in [0.1, 0.15) is 73.2 Å². The van der Waals surface area contributed by atoms with Crippen molar-refractivity contribution in [3.8, 4) is 0 Å². The Morgan fingerprint density at radius 3 is 1.20 bits per heavy atom. The Balaban J connectivity index is 1.46. The van der Waals surface area contributed by atoms with Gasteiger partial charge >= 0.3 is 0 Å².